The zero-order chi connectivity index (χ0) is 52.3. The Morgan fingerprint density at radius 2 is 1.56 bits per heavy atom. The lowest BCUT2D eigenvalue weighted by Crippen LogP contribution is -2.63. The molecular weight excluding hydrogens is 927 g/mol. The number of carbonyl (C=O) groups excluding carboxylic acids is 1. The highest BCUT2D eigenvalue weighted by Crippen LogP contribution is 2.53. The Hall–Kier alpha value is -3.62. The normalized spacial score (nSPS) is 44.3. The van der Waals surface area contributed by atoms with Crippen molar-refractivity contribution in [1.29, 1.82) is 0 Å². The zero-order valence-electron chi connectivity index (χ0n) is 44.2. The SMILES string of the molecule is CN[C@H]1[C@H](C)O[C@@H](O[C@@H]2[C@@H](C)O[C@H](O[C@@H]3/C(C)=C/C[C@@H]4C[C@@H](C[C@]5(C=C[C@H](C)[C@@H](C(C)C)O5)O4)OC(=O)[C@]4(C)C=C(C)[C@@H](O)[C@H]5OC/C(=C\C=C\[C@@H]3C)[C@]54O)C[C@H]2OC)C[C@@H]1OC.O=C(O)c1ccccc1. The molecule has 7 aliphatic rings. The predicted molar refractivity (Wildman–Crippen MR) is 268 cm³/mol. The first-order chi connectivity index (χ1) is 34.2. The number of benzene rings is 1. The molecule has 8 rings (SSSR count). The Morgan fingerprint density at radius 3 is 2.21 bits per heavy atom. The average Bonchev–Trinajstić information content (AvgIpc) is 3.70. The number of aromatic carboxylic acids is 1. The maximum absolute atomic E-state index is 14.6. The molecule has 4 saturated heterocycles. The molecule has 2 bridgehead atoms. The van der Waals surface area contributed by atoms with Gasteiger partial charge in [0.15, 0.2) is 18.4 Å². The molecule has 4 fully saturated rings. The van der Waals surface area contributed by atoms with Crippen LogP contribution in [0.25, 0.3) is 0 Å². The van der Waals surface area contributed by atoms with Crippen LogP contribution < -0.4 is 5.32 Å². The monoisotopic (exact) mass is 1010 g/mol. The first-order valence-electron chi connectivity index (χ1n) is 25.8. The molecule has 1 aromatic rings. The second kappa shape index (κ2) is 23.5. The molecule has 0 radical (unpaired) electrons. The lowest BCUT2D eigenvalue weighted by Gasteiger charge is -2.50. The van der Waals surface area contributed by atoms with Gasteiger partial charge < -0.3 is 68.0 Å². The second-order valence-electron chi connectivity index (χ2n) is 21.4. The van der Waals surface area contributed by atoms with Gasteiger partial charge in [0, 0.05) is 51.7 Å². The van der Waals surface area contributed by atoms with E-state index in [9.17, 15) is 19.8 Å². The third-order valence-corrected chi connectivity index (χ3v) is 15.9. The molecule has 6 heterocycles. The number of carboxylic acids is 1. The maximum Gasteiger partial charge on any atom is 0.335 e. The van der Waals surface area contributed by atoms with E-state index in [1.54, 1.807) is 70.6 Å². The first-order valence-corrected chi connectivity index (χ1v) is 25.8. The van der Waals surface area contributed by atoms with E-state index in [1.807, 2.05) is 39.1 Å². The Balaban J connectivity index is 0.000000761. The van der Waals surface area contributed by atoms with Gasteiger partial charge in [0.25, 0.3) is 0 Å². The summed E-state index contributed by atoms with van der Waals surface area (Å²) in [6.45, 7) is 18.0. The number of aliphatic hydroxyl groups excluding tert-OH is 1. The Morgan fingerprint density at radius 1 is 0.875 bits per heavy atom. The van der Waals surface area contributed by atoms with Crippen LogP contribution in [0, 0.1) is 23.2 Å². The van der Waals surface area contributed by atoms with Crippen molar-refractivity contribution >= 4 is 11.9 Å². The summed E-state index contributed by atoms with van der Waals surface area (Å²) in [5.41, 5.74) is -1.15. The number of fused-ring (bicyclic) bond motifs is 2. The largest absolute Gasteiger partial charge is 0.478 e. The van der Waals surface area contributed by atoms with E-state index in [2.05, 4.69) is 52.1 Å². The number of nitrogens with one attached hydrogen (secondary N) is 1. The van der Waals surface area contributed by atoms with E-state index < -0.39 is 71.8 Å². The summed E-state index contributed by atoms with van der Waals surface area (Å²) < 4.78 is 64.6. The molecule has 400 valence electrons. The van der Waals surface area contributed by atoms with Crippen LogP contribution in [0.5, 0.6) is 0 Å². The molecular formula is C56H81NO15. The third kappa shape index (κ3) is 11.8. The third-order valence-electron chi connectivity index (χ3n) is 15.9. The summed E-state index contributed by atoms with van der Waals surface area (Å²) in [4.78, 5) is 24.8. The highest BCUT2D eigenvalue weighted by molar-refractivity contribution is 5.87. The van der Waals surface area contributed by atoms with E-state index in [0.29, 0.717) is 42.4 Å². The lowest BCUT2D eigenvalue weighted by molar-refractivity contribution is -0.312. The van der Waals surface area contributed by atoms with Gasteiger partial charge >= 0.3 is 11.9 Å². The lowest BCUT2D eigenvalue weighted by atomic mass is 9.61. The number of hydrogen-bond donors (Lipinski definition) is 4. The number of esters is 1. The van der Waals surface area contributed by atoms with Gasteiger partial charge in [-0.3, -0.25) is 4.79 Å². The highest BCUT2D eigenvalue weighted by Gasteiger charge is 2.66. The van der Waals surface area contributed by atoms with Crippen molar-refractivity contribution in [3.63, 3.8) is 0 Å². The summed E-state index contributed by atoms with van der Waals surface area (Å²) in [7, 11) is 5.30. The number of ether oxygens (including phenoxy) is 10. The van der Waals surface area contributed by atoms with Crippen molar-refractivity contribution in [2.75, 3.05) is 27.9 Å². The number of aliphatic hydroxyl groups is 2. The van der Waals surface area contributed by atoms with Crippen LogP contribution >= 0.6 is 0 Å². The number of methoxy groups -OCH3 is 2. The van der Waals surface area contributed by atoms with Gasteiger partial charge in [-0.25, -0.2) is 4.79 Å². The quantitative estimate of drug-likeness (QED) is 0.146. The summed E-state index contributed by atoms with van der Waals surface area (Å²) in [6, 6.07) is 8.34. The zero-order valence-corrected chi connectivity index (χ0v) is 44.2. The molecule has 16 nitrogen and oxygen atoms in total. The molecule has 1 aliphatic carbocycles. The van der Waals surface area contributed by atoms with Crippen LogP contribution in [0.15, 0.2) is 89.6 Å². The first kappa shape index (κ1) is 56.1. The summed E-state index contributed by atoms with van der Waals surface area (Å²) >= 11 is 0. The fourth-order valence-electron chi connectivity index (χ4n) is 11.8. The van der Waals surface area contributed by atoms with Crippen molar-refractivity contribution in [3.05, 3.63) is 95.1 Å². The molecule has 0 amide bonds. The smallest absolute Gasteiger partial charge is 0.335 e. The topological polar surface area (TPSA) is 199 Å². The minimum Gasteiger partial charge on any atom is -0.478 e. The van der Waals surface area contributed by atoms with Crippen LogP contribution in [0.1, 0.15) is 105 Å². The average molecular weight is 1010 g/mol. The van der Waals surface area contributed by atoms with E-state index >= 15 is 0 Å². The standard InChI is InChI=1S/C49H75NO13.C7H6O2/c1-26(2)42-29(5)18-19-48(63-42)24-35-20-34(62-48)17-16-28(4)43(27(3)14-13-15-33-25-56-45-41(51)30(6)23-47(9,46(52)59-35)49(33,45)53)60-39-22-37(55-12)44(32(8)58-39)61-38-21-36(54-11)40(50-10)31(7)57-38;8-7(9)6-4-2-1-3-5-6/h13-16,18-19,23,26-27,29,31-32,34-45,50-51,53H,17,20-22,24-25H2,1-12H3;1-5H,(H,8,9)/b14-13+,28-16+,33-15+;/t27-,29-,31-,32+,34+,35-,36-,37+,38-,39+,40-,41+,42+,43-,44+,45+,47-,48+,49-;/m0./s1. The fraction of sp³-hybridized carbons (Fsp3) is 0.679. The van der Waals surface area contributed by atoms with Gasteiger partial charge in [0.1, 0.15) is 35.4 Å². The number of hydrogen-bond acceptors (Lipinski definition) is 15. The molecule has 0 aromatic heterocycles. The van der Waals surface area contributed by atoms with E-state index in [4.69, 9.17) is 52.5 Å². The molecule has 0 unspecified atom stereocenters. The second-order valence-corrected chi connectivity index (χ2v) is 21.4. The molecule has 19 atom stereocenters. The number of carbonyl (C=O) groups is 2. The van der Waals surface area contributed by atoms with Crippen molar-refractivity contribution in [2.45, 2.75) is 192 Å². The highest BCUT2D eigenvalue weighted by atomic mass is 16.7. The van der Waals surface area contributed by atoms with Gasteiger partial charge in [-0.15, -0.1) is 0 Å². The molecule has 4 N–H and O–H groups in total. The van der Waals surface area contributed by atoms with Gasteiger partial charge in [0.2, 0.25) is 0 Å². The molecule has 0 saturated carbocycles. The van der Waals surface area contributed by atoms with Crippen molar-refractivity contribution < 1.29 is 72.3 Å². The number of allylic oxidation sites excluding steroid dienone is 2. The van der Waals surface area contributed by atoms with Crippen LogP contribution in [-0.4, -0.2) is 152 Å². The number of carboxylic acid groups (broad SMARTS) is 1. The Kier molecular flexibility index (Phi) is 18.3. The van der Waals surface area contributed by atoms with Gasteiger partial charge in [-0.05, 0) is 88.9 Å². The summed E-state index contributed by atoms with van der Waals surface area (Å²) in [5, 5.41) is 35.8. The van der Waals surface area contributed by atoms with Crippen LogP contribution in [0.2, 0.25) is 0 Å². The summed E-state index contributed by atoms with van der Waals surface area (Å²) in [5.74, 6) is -2.39. The predicted octanol–water partition coefficient (Wildman–Crippen LogP) is 6.99. The molecule has 1 aromatic carbocycles. The van der Waals surface area contributed by atoms with E-state index in [1.165, 1.54) is 0 Å². The molecule has 6 aliphatic heterocycles. The van der Waals surface area contributed by atoms with E-state index in [0.717, 1.165) is 5.57 Å². The summed E-state index contributed by atoms with van der Waals surface area (Å²) in [6.07, 6.45) is 9.61. The Bertz CT molecular complexity index is 2180. The van der Waals surface area contributed by atoms with Crippen molar-refractivity contribution in [3.8, 4) is 0 Å². The fourth-order valence-corrected chi connectivity index (χ4v) is 11.8. The van der Waals surface area contributed by atoms with Gasteiger partial charge in [-0.2, -0.15) is 0 Å². The van der Waals surface area contributed by atoms with Crippen molar-refractivity contribution in [1.82, 2.24) is 5.32 Å². The van der Waals surface area contributed by atoms with Crippen LogP contribution in [0.4, 0.5) is 0 Å². The van der Waals surface area contributed by atoms with Crippen LogP contribution in [-0.2, 0) is 52.2 Å². The van der Waals surface area contributed by atoms with E-state index in [-0.39, 0.29) is 73.4 Å². The Labute approximate surface area is 426 Å². The minimum absolute atomic E-state index is 0.0259. The minimum atomic E-state index is -1.89. The molecule has 1 spiro atoms. The van der Waals surface area contributed by atoms with Gasteiger partial charge in [0.05, 0.1) is 60.9 Å². The molecule has 72 heavy (non-hydrogen) atoms. The number of rotatable bonds is 9. The maximum atomic E-state index is 14.6. The van der Waals surface area contributed by atoms with Crippen LogP contribution in [0.3, 0.4) is 0 Å². The van der Waals surface area contributed by atoms with Gasteiger partial charge in [-0.1, -0.05) is 82.4 Å². The number of likely N-dealkylation sites (N-methyl/N-ethyl adjacent to an activating group) is 1. The molecule has 16 heteroatoms. The van der Waals surface area contributed by atoms with Crippen molar-refractivity contribution in [2.24, 2.45) is 23.2 Å².